The van der Waals surface area contributed by atoms with E-state index in [0.29, 0.717) is 18.6 Å². The van der Waals surface area contributed by atoms with E-state index in [-0.39, 0.29) is 5.02 Å². The molecule has 1 aromatic carbocycles. The number of rotatable bonds is 2. The third-order valence-corrected chi connectivity index (χ3v) is 2.99. The first kappa shape index (κ1) is 11.4. The predicted molar refractivity (Wildman–Crippen MR) is 55.8 cm³/mol. The van der Waals surface area contributed by atoms with Crippen LogP contribution < -0.4 is 0 Å². The van der Waals surface area contributed by atoms with E-state index in [4.69, 9.17) is 21.4 Å². The Morgan fingerprint density at radius 1 is 1.56 bits per heavy atom. The zero-order valence-corrected chi connectivity index (χ0v) is 9.08. The summed E-state index contributed by atoms with van der Waals surface area (Å²) in [7, 11) is 0. The summed E-state index contributed by atoms with van der Waals surface area (Å²) in [6, 6.07) is 4.23. The summed E-state index contributed by atoms with van der Waals surface area (Å²) in [6.45, 7) is 0.381. The van der Waals surface area contributed by atoms with Crippen LogP contribution in [0.25, 0.3) is 0 Å². The number of aliphatic carboxylic acids is 1. The standard InChI is InChI=1S/C11H10ClFO3/c12-8-2-1-6(5-9(8)13)10-7(11(14)15)3-4-16-10/h1-2,5,7,10H,3-4H2,(H,14,15)/t7-,10+/m0/s1. The molecule has 0 bridgehead atoms. The lowest BCUT2D eigenvalue weighted by molar-refractivity contribution is -0.143. The number of benzene rings is 1. The Bertz CT molecular complexity index is 422. The summed E-state index contributed by atoms with van der Waals surface area (Å²) >= 11 is 5.55. The van der Waals surface area contributed by atoms with Gasteiger partial charge in [-0.25, -0.2) is 4.39 Å². The highest BCUT2D eigenvalue weighted by atomic mass is 35.5. The minimum Gasteiger partial charge on any atom is -0.481 e. The van der Waals surface area contributed by atoms with Crippen molar-refractivity contribution in [1.82, 2.24) is 0 Å². The van der Waals surface area contributed by atoms with Gasteiger partial charge in [-0.05, 0) is 24.1 Å². The summed E-state index contributed by atoms with van der Waals surface area (Å²) in [4.78, 5) is 10.9. The van der Waals surface area contributed by atoms with Crippen LogP contribution in [0.3, 0.4) is 0 Å². The van der Waals surface area contributed by atoms with Gasteiger partial charge in [0, 0.05) is 6.61 Å². The normalized spacial score (nSPS) is 24.6. The second-order valence-corrected chi connectivity index (χ2v) is 4.11. The molecular formula is C11H10ClFO3. The maximum Gasteiger partial charge on any atom is 0.309 e. The van der Waals surface area contributed by atoms with Gasteiger partial charge in [0.25, 0.3) is 0 Å². The van der Waals surface area contributed by atoms with E-state index in [1.807, 2.05) is 0 Å². The van der Waals surface area contributed by atoms with Crippen molar-refractivity contribution in [2.24, 2.45) is 5.92 Å². The Labute approximate surface area is 96.8 Å². The van der Waals surface area contributed by atoms with Gasteiger partial charge in [-0.2, -0.15) is 0 Å². The SMILES string of the molecule is O=C(O)[C@H]1CCO[C@@H]1c1ccc(Cl)c(F)c1. The maximum absolute atomic E-state index is 13.2. The summed E-state index contributed by atoms with van der Waals surface area (Å²) in [5.41, 5.74) is 0.520. The van der Waals surface area contributed by atoms with Gasteiger partial charge in [0.1, 0.15) is 5.82 Å². The molecule has 1 fully saturated rings. The van der Waals surface area contributed by atoms with Crippen molar-refractivity contribution >= 4 is 17.6 Å². The first-order valence-corrected chi connectivity index (χ1v) is 5.27. The fourth-order valence-corrected chi connectivity index (χ4v) is 1.98. The number of hydrogen-bond donors (Lipinski definition) is 1. The molecule has 0 amide bonds. The van der Waals surface area contributed by atoms with E-state index in [1.54, 1.807) is 6.07 Å². The van der Waals surface area contributed by atoms with Gasteiger partial charge in [-0.15, -0.1) is 0 Å². The lowest BCUT2D eigenvalue weighted by Crippen LogP contribution is -2.17. The Morgan fingerprint density at radius 2 is 2.31 bits per heavy atom. The first-order chi connectivity index (χ1) is 7.59. The molecule has 0 radical (unpaired) electrons. The molecule has 3 nitrogen and oxygen atoms in total. The highest BCUT2D eigenvalue weighted by Crippen LogP contribution is 2.35. The van der Waals surface area contributed by atoms with Crippen molar-refractivity contribution in [2.75, 3.05) is 6.61 Å². The summed E-state index contributed by atoms with van der Waals surface area (Å²) in [5.74, 6) is -2.09. The third kappa shape index (κ3) is 2.03. The molecular weight excluding hydrogens is 235 g/mol. The van der Waals surface area contributed by atoms with Crippen LogP contribution in [0, 0.1) is 11.7 Å². The highest BCUT2D eigenvalue weighted by molar-refractivity contribution is 6.30. The van der Waals surface area contributed by atoms with E-state index in [2.05, 4.69) is 0 Å². The van der Waals surface area contributed by atoms with Crippen LogP contribution in [-0.2, 0) is 9.53 Å². The molecule has 1 aromatic rings. The van der Waals surface area contributed by atoms with Gasteiger partial charge < -0.3 is 9.84 Å². The van der Waals surface area contributed by atoms with Crippen LogP contribution in [0.5, 0.6) is 0 Å². The molecule has 2 atom stereocenters. The molecule has 1 aliphatic heterocycles. The number of carboxylic acids is 1. The molecule has 2 rings (SSSR count). The third-order valence-electron chi connectivity index (χ3n) is 2.68. The fourth-order valence-electron chi connectivity index (χ4n) is 1.86. The van der Waals surface area contributed by atoms with Crippen LogP contribution in [0.15, 0.2) is 18.2 Å². The predicted octanol–water partition coefficient (Wildman–Crippen LogP) is 2.64. The largest absolute Gasteiger partial charge is 0.481 e. The van der Waals surface area contributed by atoms with Gasteiger partial charge in [0.05, 0.1) is 17.0 Å². The van der Waals surface area contributed by atoms with Crippen LogP contribution in [-0.4, -0.2) is 17.7 Å². The number of hydrogen-bond acceptors (Lipinski definition) is 2. The Kier molecular flexibility index (Phi) is 3.12. The maximum atomic E-state index is 13.2. The number of carboxylic acid groups (broad SMARTS) is 1. The summed E-state index contributed by atoms with van der Waals surface area (Å²) in [6.07, 6.45) is -0.131. The average Bonchev–Trinajstić information content (AvgIpc) is 2.71. The molecule has 0 aromatic heterocycles. The molecule has 1 N–H and O–H groups in total. The topological polar surface area (TPSA) is 46.5 Å². The number of carbonyl (C=O) groups is 1. The lowest BCUT2D eigenvalue weighted by Gasteiger charge is -2.15. The Balaban J connectivity index is 2.29. The van der Waals surface area contributed by atoms with E-state index in [0.717, 1.165) is 0 Å². The zero-order valence-electron chi connectivity index (χ0n) is 8.32. The minimum atomic E-state index is -0.919. The van der Waals surface area contributed by atoms with E-state index >= 15 is 0 Å². The van der Waals surface area contributed by atoms with E-state index in [9.17, 15) is 9.18 Å². The zero-order chi connectivity index (χ0) is 11.7. The second kappa shape index (κ2) is 4.39. The molecule has 16 heavy (non-hydrogen) atoms. The Hall–Kier alpha value is -1.13. The van der Waals surface area contributed by atoms with Gasteiger partial charge in [0.2, 0.25) is 0 Å². The van der Waals surface area contributed by atoms with E-state index < -0.39 is 23.8 Å². The number of ether oxygens (including phenoxy) is 1. The van der Waals surface area contributed by atoms with Crippen molar-refractivity contribution in [3.8, 4) is 0 Å². The van der Waals surface area contributed by atoms with Crippen molar-refractivity contribution in [1.29, 1.82) is 0 Å². The van der Waals surface area contributed by atoms with Crippen LogP contribution >= 0.6 is 11.6 Å². The molecule has 5 heteroatoms. The Morgan fingerprint density at radius 3 is 2.94 bits per heavy atom. The van der Waals surface area contributed by atoms with Crippen molar-refractivity contribution in [3.63, 3.8) is 0 Å². The second-order valence-electron chi connectivity index (χ2n) is 3.70. The monoisotopic (exact) mass is 244 g/mol. The van der Waals surface area contributed by atoms with Crippen molar-refractivity contribution < 1.29 is 19.0 Å². The average molecular weight is 245 g/mol. The molecule has 1 heterocycles. The van der Waals surface area contributed by atoms with Crippen molar-refractivity contribution in [3.05, 3.63) is 34.6 Å². The van der Waals surface area contributed by atoms with Gasteiger partial charge in [-0.1, -0.05) is 17.7 Å². The van der Waals surface area contributed by atoms with Crippen LogP contribution in [0.4, 0.5) is 4.39 Å². The minimum absolute atomic E-state index is 0.0219. The smallest absolute Gasteiger partial charge is 0.309 e. The lowest BCUT2D eigenvalue weighted by atomic mass is 9.95. The van der Waals surface area contributed by atoms with E-state index in [1.165, 1.54) is 12.1 Å². The molecule has 0 aliphatic carbocycles. The van der Waals surface area contributed by atoms with Gasteiger partial charge in [-0.3, -0.25) is 4.79 Å². The number of halogens is 2. The molecule has 1 aliphatic rings. The fraction of sp³-hybridized carbons (Fsp3) is 0.364. The quantitative estimate of drug-likeness (QED) is 0.870. The van der Waals surface area contributed by atoms with Gasteiger partial charge in [0.15, 0.2) is 0 Å². The molecule has 0 unspecified atom stereocenters. The van der Waals surface area contributed by atoms with Gasteiger partial charge >= 0.3 is 5.97 Å². The highest BCUT2D eigenvalue weighted by Gasteiger charge is 2.35. The molecule has 86 valence electrons. The molecule has 0 saturated carbocycles. The van der Waals surface area contributed by atoms with Crippen molar-refractivity contribution in [2.45, 2.75) is 12.5 Å². The first-order valence-electron chi connectivity index (χ1n) is 4.89. The summed E-state index contributed by atoms with van der Waals surface area (Å²) < 4.78 is 18.5. The van der Waals surface area contributed by atoms with Crippen LogP contribution in [0.2, 0.25) is 5.02 Å². The van der Waals surface area contributed by atoms with Crippen LogP contribution in [0.1, 0.15) is 18.1 Å². The molecule has 1 saturated heterocycles. The molecule has 0 spiro atoms. The summed E-state index contributed by atoms with van der Waals surface area (Å²) in [5, 5.41) is 8.99.